The van der Waals surface area contributed by atoms with E-state index >= 15 is 0 Å². The number of rotatable bonds is 4. The molecule has 21 heavy (non-hydrogen) atoms. The number of nitrogens with zero attached hydrogens (tertiary/aromatic N) is 2. The monoisotopic (exact) mass is 305 g/mol. The molecule has 1 amide bonds. The van der Waals surface area contributed by atoms with E-state index in [1.807, 2.05) is 0 Å². The van der Waals surface area contributed by atoms with Crippen molar-refractivity contribution in [3.05, 3.63) is 50.0 Å². The van der Waals surface area contributed by atoms with Crippen LogP contribution in [0.15, 0.2) is 24.4 Å². The summed E-state index contributed by atoms with van der Waals surface area (Å²) in [5, 5.41) is 23.3. The molecule has 0 atom stereocenters. The Hall–Kier alpha value is -2.74. The van der Waals surface area contributed by atoms with E-state index in [1.54, 1.807) is 6.08 Å². The molecule has 2 N–H and O–H groups in total. The Morgan fingerprint density at radius 2 is 2.24 bits per heavy atom. The van der Waals surface area contributed by atoms with E-state index in [9.17, 15) is 20.0 Å². The van der Waals surface area contributed by atoms with Gasteiger partial charge in [0.15, 0.2) is 0 Å². The van der Waals surface area contributed by atoms with Gasteiger partial charge < -0.3 is 10.4 Å². The van der Waals surface area contributed by atoms with Gasteiger partial charge in [-0.25, -0.2) is 4.98 Å². The molecule has 1 aromatic heterocycles. The van der Waals surface area contributed by atoms with Crippen molar-refractivity contribution in [2.24, 2.45) is 0 Å². The summed E-state index contributed by atoms with van der Waals surface area (Å²) in [7, 11) is 1.52. The molecule has 0 saturated carbocycles. The van der Waals surface area contributed by atoms with E-state index in [1.165, 1.54) is 37.5 Å². The van der Waals surface area contributed by atoms with Crippen LogP contribution >= 0.6 is 11.3 Å². The maximum atomic E-state index is 11.4. The SMILES string of the molecule is CNC(=O)c1cnc(C=Cc2cc(O)ccc2[N+](=O)[O-])s1. The second-order valence-electron chi connectivity index (χ2n) is 3.98. The number of carbonyl (C=O) groups is 1. The molecule has 0 radical (unpaired) electrons. The van der Waals surface area contributed by atoms with Crippen LogP contribution in [0.4, 0.5) is 5.69 Å². The second kappa shape index (κ2) is 6.14. The Kier molecular flexibility index (Phi) is 4.29. The fourth-order valence-corrected chi connectivity index (χ4v) is 2.36. The molecule has 2 rings (SSSR count). The minimum absolute atomic E-state index is 0.0644. The third-order valence-electron chi connectivity index (χ3n) is 2.59. The Balaban J connectivity index is 2.29. The fraction of sp³-hybridized carbons (Fsp3) is 0.0769. The number of carbonyl (C=O) groups excluding carboxylic acids is 1. The quantitative estimate of drug-likeness (QED) is 0.666. The number of aromatic nitrogens is 1. The topological polar surface area (TPSA) is 105 Å². The summed E-state index contributed by atoms with van der Waals surface area (Å²) >= 11 is 1.16. The van der Waals surface area contributed by atoms with Gasteiger partial charge in [-0.1, -0.05) is 0 Å². The van der Waals surface area contributed by atoms with Gasteiger partial charge in [-0.05, 0) is 24.3 Å². The molecule has 0 bridgehead atoms. The Labute approximate surface area is 123 Å². The molecule has 7 nitrogen and oxygen atoms in total. The number of nitro groups is 1. The van der Waals surface area contributed by atoms with Crippen LogP contribution < -0.4 is 5.32 Å². The number of nitro benzene ring substituents is 1. The van der Waals surface area contributed by atoms with Crippen LogP contribution in [-0.4, -0.2) is 28.0 Å². The van der Waals surface area contributed by atoms with Crippen LogP contribution in [0.25, 0.3) is 12.2 Å². The normalized spacial score (nSPS) is 10.7. The number of amides is 1. The zero-order valence-electron chi connectivity index (χ0n) is 10.9. The van der Waals surface area contributed by atoms with Gasteiger partial charge in [0, 0.05) is 13.1 Å². The van der Waals surface area contributed by atoms with Gasteiger partial charge in [-0.3, -0.25) is 14.9 Å². The van der Waals surface area contributed by atoms with Gasteiger partial charge in [0.1, 0.15) is 15.6 Å². The molecule has 0 aliphatic rings. The van der Waals surface area contributed by atoms with E-state index < -0.39 is 4.92 Å². The zero-order valence-corrected chi connectivity index (χ0v) is 11.8. The lowest BCUT2D eigenvalue weighted by Crippen LogP contribution is -2.16. The molecule has 0 unspecified atom stereocenters. The average Bonchev–Trinajstić information content (AvgIpc) is 2.93. The van der Waals surface area contributed by atoms with Crippen molar-refractivity contribution >= 4 is 35.1 Å². The minimum Gasteiger partial charge on any atom is -0.508 e. The van der Waals surface area contributed by atoms with E-state index in [0.717, 1.165) is 11.3 Å². The van der Waals surface area contributed by atoms with Crippen molar-refractivity contribution in [1.29, 1.82) is 0 Å². The predicted molar refractivity (Wildman–Crippen MR) is 79.2 cm³/mol. The summed E-state index contributed by atoms with van der Waals surface area (Å²) in [5.74, 6) is -0.305. The number of phenolic OH excluding ortho intramolecular Hbond substituents is 1. The van der Waals surface area contributed by atoms with Crippen molar-refractivity contribution in [3.63, 3.8) is 0 Å². The van der Waals surface area contributed by atoms with Gasteiger partial charge in [0.2, 0.25) is 0 Å². The van der Waals surface area contributed by atoms with E-state index in [0.29, 0.717) is 9.88 Å². The molecular weight excluding hydrogens is 294 g/mol. The maximum Gasteiger partial charge on any atom is 0.276 e. The van der Waals surface area contributed by atoms with Crippen LogP contribution in [0.3, 0.4) is 0 Å². The largest absolute Gasteiger partial charge is 0.508 e. The van der Waals surface area contributed by atoms with Crippen LogP contribution in [0.1, 0.15) is 20.2 Å². The number of phenols is 1. The van der Waals surface area contributed by atoms with E-state index in [4.69, 9.17) is 0 Å². The molecular formula is C13H11N3O4S. The van der Waals surface area contributed by atoms with Crippen molar-refractivity contribution in [2.75, 3.05) is 7.05 Å². The molecule has 0 aliphatic carbocycles. The van der Waals surface area contributed by atoms with Crippen LogP contribution in [0, 0.1) is 10.1 Å². The number of nitrogens with one attached hydrogen (secondary N) is 1. The number of thiazole rings is 1. The molecule has 0 spiro atoms. The first-order valence-electron chi connectivity index (χ1n) is 5.84. The highest BCUT2D eigenvalue weighted by Gasteiger charge is 2.12. The number of aromatic hydroxyl groups is 1. The number of hydrogen-bond donors (Lipinski definition) is 2. The fourth-order valence-electron chi connectivity index (χ4n) is 1.60. The van der Waals surface area contributed by atoms with Gasteiger partial charge in [-0.2, -0.15) is 0 Å². The molecule has 2 aromatic rings. The standard InChI is InChI=1S/C13H11N3O4S/c1-14-13(18)11-7-15-12(21-11)5-2-8-6-9(17)3-4-10(8)16(19)20/h2-7,17H,1H3,(H,14,18). The number of hydrogen-bond acceptors (Lipinski definition) is 6. The summed E-state index contributed by atoms with van der Waals surface area (Å²) in [6, 6.07) is 3.78. The lowest BCUT2D eigenvalue weighted by molar-refractivity contribution is -0.385. The Morgan fingerprint density at radius 1 is 1.48 bits per heavy atom. The summed E-state index contributed by atoms with van der Waals surface area (Å²) in [5.41, 5.74) is 0.142. The lowest BCUT2D eigenvalue weighted by Gasteiger charge is -1.98. The van der Waals surface area contributed by atoms with Crippen LogP contribution in [-0.2, 0) is 0 Å². The smallest absolute Gasteiger partial charge is 0.276 e. The highest BCUT2D eigenvalue weighted by atomic mass is 32.1. The van der Waals surface area contributed by atoms with Gasteiger partial charge in [-0.15, -0.1) is 11.3 Å². The number of benzene rings is 1. The summed E-state index contributed by atoms with van der Waals surface area (Å²) in [6.07, 6.45) is 4.46. The first-order chi connectivity index (χ1) is 10.0. The Bertz CT molecular complexity index is 724. The first-order valence-corrected chi connectivity index (χ1v) is 6.66. The summed E-state index contributed by atoms with van der Waals surface area (Å²) in [6.45, 7) is 0. The van der Waals surface area contributed by atoms with Crippen molar-refractivity contribution < 1.29 is 14.8 Å². The zero-order chi connectivity index (χ0) is 15.4. The second-order valence-corrected chi connectivity index (χ2v) is 5.04. The van der Waals surface area contributed by atoms with Crippen LogP contribution in [0.2, 0.25) is 0 Å². The Morgan fingerprint density at radius 3 is 2.90 bits per heavy atom. The molecule has 0 saturated heterocycles. The van der Waals surface area contributed by atoms with Gasteiger partial charge >= 0.3 is 0 Å². The highest BCUT2D eigenvalue weighted by molar-refractivity contribution is 7.14. The molecule has 108 valence electrons. The van der Waals surface area contributed by atoms with Crippen molar-refractivity contribution in [2.45, 2.75) is 0 Å². The van der Waals surface area contributed by atoms with Gasteiger partial charge in [0.25, 0.3) is 11.6 Å². The van der Waals surface area contributed by atoms with E-state index in [2.05, 4.69) is 10.3 Å². The summed E-state index contributed by atoms with van der Waals surface area (Å²) < 4.78 is 0. The minimum atomic E-state index is -0.531. The molecule has 0 aliphatic heterocycles. The first kappa shape index (κ1) is 14.7. The molecule has 8 heteroatoms. The summed E-state index contributed by atoms with van der Waals surface area (Å²) in [4.78, 5) is 26.3. The van der Waals surface area contributed by atoms with Crippen LogP contribution in [0.5, 0.6) is 5.75 Å². The highest BCUT2D eigenvalue weighted by Crippen LogP contribution is 2.25. The molecule has 0 fully saturated rings. The van der Waals surface area contributed by atoms with Crippen molar-refractivity contribution in [1.82, 2.24) is 10.3 Å². The molecule has 1 aromatic carbocycles. The predicted octanol–water partition coefficient (Wildman–Crippen LogP) is 2.29. The third-order valence-corrected chi connectivity index (χ3v) is 3.55. The van der Waals surface area contributed by atoms with Gasteiger partial charge in [0.05, 0.1) is 16.7 Å². The maximum absolute atomic E-state index is 11.4. The van der Waals surface area contributed by atoms with E-state index in [-0.39, 0.29) is 22.9 Å². The average molecular weight is 305 g/mol. The molecule has 1 heterocycles. The van der Waals surface area contributed by atoms with Crippen molar-refractivity contribution in [3.8, 4) is 5.75 Å². The lowest BCUT2D eigenvalue weighted by atomic mass is 10.1. The third kappa shape index (κ3) is 3.42.